The fourth-order valence-corrected chi connectivity index (χ4v) is 2.67. The van der Waals surface area contributed by atoms with Crippen molar-refractivity contribution in [3.05, 3.63) is 89.5 Å². The summed E-state index contributed by atoms with van der Waals surface area (Å²) < 4.78 is 14.2. The molecule has 0 heterocycles. The maximum atomic E-state index is 11.3. The highest BCUT2D eigenvalue weighted by Gasteiger charge is 2.09. The third kappa shape index (κ3) is 21.5. The molecule has 0 aromatic heterocycles. The van der Waals surface area contributed by atoms with Crippen molar-refractivity contribution in [2.75, 3.05) is 19.8 Å². The molecule has 9 N–H and O–H groups in total. The zero-order valence-electron chi connectivity index (χ0n) is 25.0. The minimum absolute atomic E-state index is 0. The van der Waals surface area contributed by atoms with Gasteiger partial charge in [-0.15, -0.1) is 0 Å². The van der Waals surface area contributed by atoms with Gasteiger partial charge in [0.05, 0.1) is 16.7 Å². The summed E-state index contributed by atoms with van der Waals surface area (Å²) in [6.45, 7) is 3.58. The average molecular weight is 963 g/mol. The fourth-order valence-electron chi connectivity index (χ4n) is 2.67. The number of ether oxygens (including phenoxy) is 3. The van der Waals surface area contributed by atoms with Gasteiger partial charge in [-0.05, 0) is 93.6 Å². The highest BCUT2D eigenvalue weighted by Crippen LogP contribution is 2.07. The summed E-state index contributed by atoms with van der Waals surface area (Å²) in [5, 5.41) is 0. The van der Waals surface area contributed by atoms with Crippen molar-refractivity contribution in [1.29, 1.82) is 0 Å². The number of ketones is 3. The summed E-state index contributed by atoms with van der Waals surface area (Å²) in [5.74, 6) is -1.98. The number of esters is 3. The zero-order chi connectivity index (χ0) is 31.7. The van der Waals surface area contributed by atoms with Crippen molar-refractivity contribution in [2.45, 2.75) is 20.8 Å². The normalized spacial score (nSPS) is 8.93. The first kappa shape index (κ1) is 46.6. The zero-order valence-corrected chi connectivity index (χ0v) is 31.5. The van der Waals surface area contributed by atoms with E-state index in [1.165, 1.54) is 20.8 Å². The van der Waals surface area contributed by atoms with Gasteiger partial charge in [0, 0.05) is 0 Å². The Kier molecular flexibility index (Phi) is 26.2. The molecule has 0 amide bonds. The van der Waals surface area contributed by atoms with Gasteiger partial charge >= 0.3 is 17.9 Å². The van der Waals surface area contributed by atoms with Crippen LogP contribution < -0.4 is 89.1 Å². The van der Waals surface area contributed by atoms with Gasteiger partial charge in [-0.3, -0.25) is 14.4 Å². The van der Waals surface area contributed by atoms with E-state index in [1.54, 1.807) is 72.8 Å². The van der Waals surface area contributed by atoms with Crippen molar-refractivity contribution < 1.29 is 132 Å². The Labute approximate surface area is 312 Å². The molecule has 246 valence electrons. The van der Waals surface area contributed by atoms with Gasteiger partial charge in [0.15, 0.2) is 17.3 Å². The van der Waals surface area contributed by atoms with Crippen LogP contribution in [0.1, 0.15) is 51.8 Å². The molecule has 0 bridgehead atoms. The van der Waals surface area contributed by atoms with E-state index in [0.717, 1.165) is 17.1 Å². The number of hydrogen-bond acceptors (Lipinski definition) is 9. The molecule has 0 atom stereocenters. The van der Waals surface area contributed by atoms with Crippen molar-refractivity contribution in [1.82, 2.24) is 0 Å². The molecule has 3 aromatic rings. The molecule has 0 aliphatic carbocycles. The number of carbonyl (C=O) groups excluding carboxylic acids is 6. The second kappa shape index (κ2) is 25.4. The van der Waals surface area contributed by atoms with Crippen LogP contribution in [0.5, 0.6) is 0 Å². The van der Waals surface area contributed by atoms with Gasteiger partial charge in [-0.2, -0.15) is 0 Å². The minimum Gasteiger partial charge on any atom is -1.00 e. The van der Waals surface area contributed by atoms with E-state index in [9.17, 15) is 28.8 Å². The molecule has 45 heavy (non-hydrogen) atoms. The second-order valence-electron chi connectivity index (χ2n) is 8.93. The van der Waals surface area contributed by atoms with Crippen LogP contribution in [0.15, 0.2) is 72.8 Å². The number of halogens is 3. The van der Waals surface area contributed by atoms with E-state index in [1.807, 2.05) is 0 Å². The van der Waals surface area contributed by atoms with Gasteiger partial charge in [-0.1, -0.05) is 0 Å². The first-order valence-corrected chi connectivity index (χ1v) is 12.5. The Morgan fingerprint density at radius 1 is 0.422 bits per heavy atom. The number of quaternary nitrogens is 3. The van der Waals surface area contributed by atoms with E-state index in [4.69, 9.17) is 14.2 Å². The number of hydrogen-bond donors (Lipinski definition) is 3. The molecule has 0 aliphatic heterocycles. The summed E-state index contributed by atoms with van der Waals surface area (Å²) >= 11 is 0. The molecule has 0 saturated carbocycles. The van der Waals surface area contributed by atoms with Crippen LogP contribution in [0.3, 0.4) is 0 Å². The van der Waals surface area contributed by atoms with Crippen molar-refractivity contribution in [3.8, 4) is 0 Å². The standard InChI is InChI=1S/3C10H11NO3.3HI/c3*1-7(12)6-14-10(13)8-2-4-9(11)5-3-8;;;/h3*2-5H,6,11H2,1H3;3*1H. The topological polar surface area (TPSA) is 213 Å². The molecule has 3 aromatic carbocycles. The fraction of sp³-hybridized carbons (Fsp3) is 0.200. The average Bonchev–Trinajstić information content (AvgIpc) is 2.95. The van der Waals surface area contributed by atoms with Crippen LogP contribution in [0.2, 0.25) is 0 Å². The lowest BCUT2D eigenvalue weighted by Crippen LogP contribution is -3.00. The Morgan fingerprint density at radius 3 is 0.756 bits per heavy atom. The highest BCUT2D eigenvalue weighted by atomic mass is 127. The predicted octanol–water partition coefficient (Wildman–Crippen LogP) is -8.07. The first-order chi connectivity index (χ1) is 19.8. The van der Waals surface area contributed by atoms with Crippen LogP contribution in [0.25, 0.3) is 0 Å². The monoisotopic (exact) mass is 963 g/mol. The lowest BCUT2D eigenvalue weighted by molar-refractivity contribution is -0.255. The molecular formula is C30H36I3N3O9. The molecule has 0 saturated heterocycles. The van der Waals surface area contributed by atoms with Crippen LogP contribution in [-0.4, -0.2) is 55.1 Å². The van der Waals surface area contributed by atoms with E-state index in [2.05, 4.69) is 17.2 Å². The summed E-state index contributed by atoms with van der Waals surface area (Å²) in [5.41, 5.74) is 14.8. The largest absolute Gasteiger partial charge is 1.00 e. The molecule has 0 unspecified atom stereocenters. The quantitative estimate of drug-likeness (QED) is 0.106. The number of carbonyl (C=O) groups is 6. The van der Waals surface area contributed by atoms with E-state index in [-0.39, 0.29) is 109 Å². The Morgan fingerprint density at radius 2 is 0.600 bits per heavy atom. The molecular weight excluding hydrogens is 927 g/mol. The highest BCUT2D eigenvalue weighted by molar-refractivity contribution is 5.92. The number of rotatable bonds is 9. The van der Waals surface area contributed by atoms with Crippen LogP contribution in [0.4, 0.5) is 17.1 Å². The molecule has 0 fully saturated rings. The third-order valence-corrected chi connectivity index (χ3v) is 4.79. The van der Waals surface area contributed by atoms with Crippen molar-refractivity contribution >= 4 is 52.3 Å². The van der Waals surface area contributed by atoms with Gasteiger partial charge in [0.25, 0.3) is 0 Å². The predicted molar refractivity (Wildman–Crippen MR) is 150 cm³/mol. The number of Topliss-reactive ketones (excluding diaryl/α,β-unsaturated/α-hetero) is 3. The molecule has 0 spiro atoms. The van der Waals surface area contributed by atoms with Gasteiger partial charge in [0.1, 0.15) is 36.9 Å². The summed E-state index contributed by atoms with van der Waals surface area (Å²) in [6.07, 6.45) is 0. The SMILES string of the molecule is CC(=O)COC(=O)c1ccc([NH3+])cc1.CC(=O)COC(=O)c1ccc([NH3+])cc1.CC(=O)COC(=O)c1ccc([NH3+])cc1.[I-].[I-].[I-]. The van der Waals surface area contributed by atoms with E-state index >= 15 is 0 Å². The minimum atomic E-state index is -0.486. The summed E-state index contributed by atoms with van der Waals surface area (Å²) in [7, 11) is 0. The lowest BCUT2D eigenvalue weighted by Gasteiger charge is -2.01. The smallest absolute Gasteiger partial charge is 0.338 e. The Balaban J connectivity index is -0.000000569. The van der Waals surface area contributed by atoms with Crippen LogP contribution >= 0.6 is 0 Å². The van der Waals surface area contributed by atoms with E-state index < -0.39 is 17.9 Å². The molecule has 0 radical (unpaired) electrons. The molecule has 0 aliphatic rings. The first-order valence-electron chi connectivity index (χ1n) is 12.5. The summed E-state index contributed by atoms with van der Waals surface area (Å²) in [6, 6.07) is 20.0. The third-order valence-electron chi connectivity index (χ3n) is 4.79. The van der Waals surface area contributed by atoms with Gasteiger partial charge in [0.2, 0.25) is 0 Å². The number of benzene rings is 3. The van der Waals surface area contributed by atoms with Crippen molar-refractivity contribution in [2.24, 2.45) is 0 Å². The second-order valence-corrected chi connectivity index (χ2v) is 8.93. The maximum Gasteiger partial charge on any atom is 0.338 e. The Hall–Kier alpha value is -2.85. The maximum absolute atomic E-state index is 11.3. The molecule has 15 heteroatoms. The molecule has 3 rings (SSSR count). The molecule has 12 nitrogen and oxygen atoms in total. The van der Waals surface area contributed by atoms with Crippen LogP contribution in [-0.2, 0) is 28.6 Å². The lowest BCUT2D eigenvalue weighted by atomic mass is 10.2. The Bertz CT molecular complexity index is 1210. The van der Waals surface area contributed by atoms with Gasteiger partial charge in [-0.25, -0.2) is 14.4 Å². The van der Waals surface area contributed by atoms with Gasteiger partial charge < -0.3 is 103 Å². The van der Waals surface area contributed by atoms with Crippen LogP contribution in [0, 0.1) is 0 Å². The van der Waals surface area contributed by atoms with Crippen molar-refractivity contribution in [3.63, 3.8) is 0 Å². The summed E-state index contributed by atoms with van der Waals surface area (Å²) in [4.78, 5) is 65.4. The van der Waals surface area contributed by atoms with E-state index in [0.29, 0.717) is 16.7 Å².